The van der Waals surface area contributed by atoms with Gasteiger partial charge in [-0.15, -0.1) is 0 Å². The fourth-order valence-electron chi connectivity index (χ4n) is 2.01. The van der Waals surface area contributed by atoms with Crippen LogP contribution >= 0.6 is 0 Å². The molecule has 86 valence electrons. The van der Waals surface area contributed by atoms with Crippen LogP contribution in [-0.2, 0) is 4.79 Å². The molecule has 0 spiro atoms. The summed E-state index contributed by atoms with van der Waals surface area (Å²) in [6.07, 6.45) is 5.40. The lowest BCUT2D eigenvalue weighted by Gasteiger charge is -2.10. The normalized spacial score (nSPS) is 26.7. The highest BCUT2D eigenvalue weighted by Crippen LogP contribution is 2.24. The Morgan fingerprint density at radius 2 is 2.27 bits per heavy atom. The van der Waals surface area contributed by atoms with E-state index < -0.39 is 0 Å². The first kappa shape index (κ1) is 12.2. The van der Waals surface area contributed by atoms with E-state index in [1.165, 1.54) is 0 Å². The van der Waals surface area contributed by atoms with Crippen molar-refractivity contribution in [1.82, 2.24) is 5.32 Å². The number of carbonyl (C=O) groups is 1. The third kappa shape index (κ3) is 4.04. The minimum atomic E-state index is -0.154. The first-order chi connectivity index (χ1) is 7.13. The SMILES string of the molecule is CC/C=C(/C)C(=O)NCC1CCC(O)C1. The van der Waals surface area contributed by atoms with E-state index in [0.717, 1.165) is 31.3 Å². The Morgan fingerprint density at radius 3 is 2.80 bits per heavy atom. The van der Waals surface area contributed by atoms with Crippen LogP contribution in [0, 0.1) is 5.92 Å². The van der Waals surface area contributed by atoms with Crippen molar-refractivity contribution in [2.45, 2.75) is 45.6 Å². The summed E-state index contributed by atoms with van der Waals surface area (Å²) in [6, 6.07) is 0. The van der Waals surface area contributed by atoms with Crippen molar-refractivity contribution < 1.29 is 9.90 Å². The molecule has 0 aromatic heterocycles. The fraction of sp³-hybridized carbons (Fsp3) is 0.750. The average molecular weight is 211 g/mol. The van der Waals surface area contributed by atoms with Gasteiger partial charge in [-0.25, -0.2) is 0 Å². The van der Waals surface area contributed by atoms with Gasteiger partial charge >= 0.3 is 0 Å². The number of allylic oxidation sites excluding steroid dienone is 1. The number of carbonyl (C=O) groups excluding carboxylic acids is 1. The van der Waals surface area contributed by atoms with Crippen LogP contribution in [0.15, 0.2) is 11.6 Å². The lowest BCUT2D eigenvalue weighted by atomic mass is 10.1. The Bertz CT molecular complexity index is 248. The number of aliphatic hydroxyl groups excluding tert-OH is 1. The predicted molar refractivity (Wildman–Crippen MR) is 60.4 cm³/mol. The third-order valence-electron chi connectivity index (χ3n) is 2.93. The first-order valence-corrected chi connectivity index (χ1v) is 5.76. The molecule has 15 heavy (non-hydrogen) atoms. The molecule has 2 unspecified atom stereocenters. The zero-order valence-electron chi connectivity index (χ0n) is 9.62. The molecule has 1 amide bonds. The Balaban J connectivity index is 2.25. The zero-order chi connectivity index (χ0) is 11.3. The lowest BCUT2D eigenvalue weighted by Crippen LogP contribution is -2.29. The highest BCUT2D eigenvalue weighted by atomic mass is 16.3. The van der Waals surface area contributed by atoms with Gasteiger partial charge in [-0.1, -0.05) is 13.0 Å². The van der Waals surface area contributed by atoms with Crippen molar-refractivity contribution in [2.75, 3.05) is 6.54 Å². The van der Waals surface area contributed by atoms with Gasteiger partial charge in [0.25, 0.3) is 0 Å². The van der Waals surface area contributed by atoms with Crippen LogP contribution in [0.2, 0.25) is 0 Å². The summed E-state index contributed by atoms with van der Waals surface area (Å²) in [4.78, 5) is 11.5. The molecule has 1 rings (SSSR count). The molecule has 0 aromatic carbocycles. The second kappa shape index (κ2) is 5.91. The van der Waals surface area contributed by atoms with Crippen LogP contribution in [0.5, 0.6) is 0 Å². The molecule has 3 nitrogen and oxygen atoms in total. The van der Waals surface area contributed by atoms with Gasteiger partial charge in [0.1, 0.15) is 0 Å². The highest BCUT2D eigenvalue weighted by Gasteiger charge is 2.22. The number of nitrogens with one attached hydrogen (secondary N) is 1. The van der Waals surface area contributed by atoms with E-state index >= 15 is 0 Å². The number of amides is 1. The first-order valence-electron chi connectivity index (χ1n) is 5.76. The summed E-state index contributed by atoms with van der Waals surface area (Å²) < 4.78 is 0. The molecule has 2 atom stereocenters. The van der Waals surface area contributed by atoms with E-state index in [0.29, 0.717) is 12.5 Å². The van der Waals surface area contributed by atoms with Crippen LogP contribution in [-0.4, -0.2) is 23.7 Å². The molecule has 0 aromatic rings. The monoisotopic (exact) mass is 211 g/mol. The van der Waals surface area contributed by atoms with Crippen LogP contribution in [0.3, 0.4) is 0 Å². The fourth-order valence-corrected chi connectivity index (χ4v) is 2.01. The lowest BCUT2D eigenvalue weighted by molar-refractivity contribution is -0.117. The average Bonchev–Trinajstić information content (AvgIpc) is 2.61. The van der Waals surface area contributed by atoms with Crippen LogP contribution in [0.4, 0.5) is 0 Å². The van der Waals surface area contributed by atoms with Gasteiger partial charge < -0.3 is 10.4 Å². The minimum absolute atomic E-state index is 0.0261. The van der Waals surface area contributed by atoms with E-state index in [4.69, 9.17) is 0 Å². The number of hydrogen-bond donors (Lipinski definition) is 2. The molecule has 1 fully saturated rings. The maximum absolute atomic E-state index is 11.5. The van der Waals surface area contributed by atoms with Gasteiger partial charge in [-0.3, -0.25) is 4.79 Å². The van der Waals surface area contributed by atoms with Crippen molar-refractivity contribution in [3.8, 4) is 0 Å². The predicted octanol–water partition coefficient (Wildman–Crippen LogP) is 1.62. The van der Waals surface area contributed by atoms with Crippen LogP contribution in [0.25, 0.3) is 0 Å². The number of hydrogen-bond acceptors (Lipinski definition) is 2. The molecular formula is C12H21NO2. The van der Waals surface area contributed by atoms with Gasteiger partial charge in [0.2, 0.25) is 5.91 Å². The second-order valence-electron chi connectivity index (χ2n) is 4.34. The molecule has 1 aliphatic rings. The van der Waals surface area contributed by atoms with Crippen molar-refractivity contribution in [1.29, 1.82) is 0 Å². The maximum atomic E-state index is 11.5. The summed E-state index contributed by atoms with van der Waals surface area (Å²) >= 11 is 0. The summed E-state index contributed by atoms with van der Waals surface area (Å²) in [5, 5.41) is 12.2. The molecule has 0 heterocycles. The molecule has 0 bridgehead atoms. The third-order valence-corrected chi connectivity index (χ3v) is 2.93. The van der Waals surface area contributed by atoms with E-state index in [1.807, 2.05) is 19.9 Å². The van der Waals surface area contributed by atoms with Gasteiger partial charge in [0, 0.05) is 12.1 Å². The Kier molecular flexibility index (Phi) is 4.82. The molecule has 0 radical (unpaired) electrons. The summed E-state index contributed by atoms with van der Waals surface area (Å²) in [7, 11) is 0. The number of aliphatic hydroxyl groups is 1. The van der Waals surface area contributed by atoms with E-state index in [2.05, 4.69) is 5.32 Å². The van der Waals surface area contributed by atoms with Gasteiger partial charge in [0.05, 0.1) is 6.10 Å². The quantitative estimate of drug-likeness (QED) is 0.694. The van der Waals surface area contributed by atoms with Gasteiger partial charge in [-0.05, 0) is 38.5 Å². The zero-order valence-corrected chi connectivity index (χ0v) is 9.62. The Hall–Kier alpha value is -0.830. The molecular weight excluding hydrogens is 190 g/mol. The van der Waals surface area contributed by atoms with Crippen molar-refractivity contribution in [3.63, 3.8) is 0 Å². The van der Waals surface area contributed by atoms with Crippen molar-refractivity contribution in [2.24, 2.45) is 5.92 Å². The Labute approximate surface area is 91.6 Å². The largest absolute Gasteiger partial charge is 0.393 e. The van der Waals surface area contributed by atoms with E-state index in [9.17, 15) is 9.90 Å². The van der Waals surface area contributed by atoms with E-state index in [1.54, 1.807) is 0 Å². The van der Waals surface area contributed by atoms with Gasteiger partial charge in [-0.2, -0.15) is 0 Å². The highest BCUT2D eigenvalue weighted by molar-refractivity contribution is 5.92. The molecule has 0 aliphatic heterocycles. The van der Waals surface area contributed by atoms with Crippen molar-refractivity contribution >= 4 is 5.91 Å². The number of rotatable bonds is 4. The maximum Gasteiger partial charge on any atom is 0.246 e. The van der Waals surface area contributed by atoms with Crippen molar-refractivity contribution in [3.05, 3.63) is 11.6 Å². The minimum Gasteiger partial charge on any atom is -0.393 e. The summed E-state index contributed by atoms with van der Waals surface area (Å²) in [5.74, 6) is 0.483. The second-order valence-corrected chi connectivity index (χ2v) is 4.34. The van der Waals surface area contributed by atoms with Gasteiger partial charge in [0.15, 0.2) is 0 Å². The Morgan fingerprint density at radius 1 is 1.53 bits per heavy atom. The topological polar surface area (TPSA) is 49.3 Å². The molecule has 1 aliphatic carbocycles. The smallest absolute Gasteiger partial charge is 0.246 e. The van der Waals surface area contributed by atoms with Crippen LogP contribution in [0.1, 0.15) is 39.5 Å². The molecule has 1 saturated carbocycles. The summed E-state index contributed by atoms with van der Waals surface area (Å²) in [5.41, 5.74) is 0.788. The summed E-state index contributed by atoms with van der Waals surface area (Å²) in [6.45, 7) is 4.55. The molecule has 3 heteroatoms. The van der Waals surface area contributed by atoms with E-state index in [-0.39, 0.29) is 12.0 Å². The molecule has 0 saturated heterocycles. The standard InChI is InChI=1S/C12H21NO2/c1-3-4-9(2)12(15)13-8-10-5-6-11(14)7-10/h4,10-11,14H,3,5-8H2,1-2H3,(H,13,15)/b9-4-. The molecule has 2 N–H and O–H groups in total. The van der Waals surface area contributed by atoms with Crippen LogP contribution < -0.4 is 5.32 Å².